The average Bonchev–Trinajstić information content (AvgIpc) is 2.43. The van der Waals surface area contributed by atoms with E-state index in [2.05, 4.69) is 20.6 Å². The number of benzene rings is 1. The van der Waals surface area contributed by atoms with Crippen molar-refractivity contribution < 1.29 is 4.79 Å². The molecule has 0 aliphatic heterocycles. The highest BCUT2D eigenvalue weighted by Gasteiger charge is 2.03. The first-order valence-electron chi connectivity index (χ1n) is 6.02. The van der Waals surface area contributed by atoms with Crippen molar-refractivity contribution in [3.63, 3.8) is 0 Å². The molecule has 0 saturated heterocycles. The van der Waals surface area contributed by atoms with Gasteiger partial charge in [-0.15, -0.1) is 0 Å². The molecule has 0 saturated carbocycles. The van der Waals surface area contributed by atoms with E-state index >= 15 is 0 Å². The molecule has 104 valence electrons. The van der Waals surface area contributed by atoms with E-state index < -0.39 is 0 Å². The third-order valence-electron chi connectivity index (χ3n) is 2.46. The Kier molecular flexibility index (Phi) is 4.73. The van der Waals surface area contributed by atoms with Crippen molar-refractivity contribution in [2.45, 2.75) is 0 Å². The molecule has 7 heteroatoms. The first-order valence-corrected chi connectivity index (χ1v) is 6.40. The van der Waals surface area contributed by atoms with Crippen LogP contribution in [0.5, 0.6) is 0 Å². The molecule has 0 spiro atoms. The summed E-state index contributed by atoms with van der Waals surface area (Å²) in [6.45, 7) is 0.959. The zero-order valence-corrected chi connectivity index (χ0v) is 11.4. The number of amides is 1. The number of hydrogen-bond donors (Lipinski definition) is 3. The molecule has 1 aromatic carbocycles. The van der Waals surface area contributed by atoms with Gasteiger partial charge in [0.25, 0.3) is 5.91 Å². The zero-order valence-electron chi connectivity index (χ0n) is 10.6. The predicted octanol–water partition coefficient (Wildman–Crippen LogP) is 1.55. The first kappa shape index (κ1) is 14.1. The van der Waals surface area contributed by atoms with E-state index in [1.54, 1.807) is 18.2 Å². The molecule has 0 aliphatic rings. The second-order valence-electron chi connectivity index (χ2n) is 3.98. The summed E-state index contributed by atoms with van der Waals surface area (Å²) in [6, 6.07) is 10.6. The normalized spacial score (nSPS) is 10.1. The maximum Gasteiger partial charge on any atom is 0.251 e. The van der Waals surface area contributed by atoms with Crippen molar-refractivity contribution in [1.29, 1.82) is 0 Å². The minimum Gasteiger partial charge on any atom is -0.368 e. The van der Waals surface area contributed by atoms with Crippen LogP contribution in [-0.2, 0) is 0 Å². The first-order chi connectivity index (χ1) is 9.65. The van der Waals surface area contributed by atoms with E-state index in [1.165, 1.54) is 0 Å². The van der Waals surface area contributed by atoms with Crippen LogP contribution in [0, 0.1) is 0 Å². The maximum atomic E-state index is 11.8. The number of halogens is 1. The lowest BCUT2D eigenvalue weighted by Gasteiger charge is -2.08. The molecule has 4 N–H and O–H groups in total. The highest BCUT2D eigenvalue weighted by Crippen LogP contribution is 2.11. The molecule has 0 unspecified atom stereocenters. The van der Waals surface area contributed by atoms with E-state index in [0.29, 0.717) is 24.5 Å². The third-order valence-corrected chi connectivity index (χ3v) is 2.66. The lowest BCUT2D eigenvalue weighted by Crippen LogP contribution is -2.28. The largest absolute Gasteiger partial charge is 0.368 e. The number of nitrogen functional groups attached to an aromatic ring is 1. The van der Waals surface area contributed by atoms with Gasteiger partial charge in [-0.25, -0.2) is 4.98 Å². The van der Waals surface area contributed by atoms with Crippen LogP contribution in [0.1, 0.15) is 10.4 Å². The van der Waals surface area contributed by atoms with Crippen molar-refractivity contribution in [3.8, 4) is 0 Å². The molecular weight excluding hydrogens is 278 g/mol. The number of hydrogen-bond acceptors (Lipinski definition) is 5. The number of rotatable bonds is 5. The minimum atomic E-state index is -0.118. The highest BCUT2D eigenvalue weighted by molar-refractivity contribution is 6.29. The Morgan fingerprint density at radius 3 is 2.65 bits per heavy atom. The fourth-order valence-electron chi connectivity index (χ4n) is 1.58. The lowest BCUT2D eigenvalue weighted by atomic mass is 10.2. The number of nitrogens with zero attached hydrogens (tertiary/aromatic N) is 2. The zero-order chi connectivity index (χ0) is 14.4. The number of carbonyl (C=O) groups is 1. The predicted molar refractivity (Wildman–Crippen MR) is 78.7 cm³/mol. The number of nitrogens with one attached hydrogen (secondary N) is 2. The number of anilines is 2. The van der Waals surface area contributed by atoms with Gasteiger partial charge in [-0.05, 0) is 12.1 Å². The summed E-state index contributed by atoms with van der Waals surface area (Å²) < 4.78 is 0. The van der Waals surface area contributed by atoms with Crippen LogP contribution in [0.4, 0.5) is 11.8 Å². The topological polar surface area (TPSA) is 92.9 Å². The second-order valence-corrected chi connectivity index (χ2v) is 4.37. The van der Waals surface area contributed by atoms with Crippen LogP contribution in [-0.4, -0.2) is 29.0 Å². The van der Waals surface area contributed by atoms with Crippen molar-refractivity contribution >= 4 is 29.3 Å². The summed E-state index contributed by atoms with van der Waals surface area (Å²) >= 11 is 5.75. The van der Waals surface area contributed by atoms with Crippen LogP contribution in [0.2, 0.25) is 5.15 Å². The quantitative estimate of drug-likeness (QED) is 0.574. The molecule has 6 nitrogen and oxygen atoms in total. The average molecular weight is 292 g/mol. The van der Waals surface area contributed by atoms with Gasteiger partial charge in [-0.3, -0.25) is 4.79 Å². The van der Waals surface area contributed by atoms with Crippen LogP contribution >= 0.6 is 11.6 Å². The van der Waals surface area contributed by atoms with Gasteiger partial charge in [0.2, 0.25) is 5.95 Å². The number of carbonyl (C=O) groups excluding carboxylic acids is 1. The number of aromatic nitrogens is 2. The van der Waals surface area contributed by atoms with Gasteiger partial charge in [0.1, 0.15) is 11.0 Å². The summed E-state index contributed by atoms with van der Waals surface area (Å²) in [7, 11) is 0. The van der Waals surface area contributed by atoms with Gasteiger partial charge in [0, 0.05) is 24.7 Å². The molecule has 0 radical (unpaired) electrons. The van der Waals surface area contributed by atoms with E-state index in [0.717, 1.165) is 0 Å². The van der Waals surface area contributed by atoms with Gasteiger partial charge in [0.15, 0.2) is 0 Å². The van der Waals surface area contributed by atoms with Gasteiger partial charge < -0.3 is 16.4 Å². The molecule has 20 heavy (non-hydrogen) atoms. The Morgan fingerprint density at radius 2 is 1.95 bits per heavy atom. The molecule has 0 bridgehead atoms. The van der Waals surface area contributed by atoms with Crippen molar-refractivity contribution in [2.75, 3.05) is 24.1 Å². The molecule has 0 fully saturated rings. The summed E-state index contributed by atoms with van der Waals surface area (Å²) in [5, 5.41) is 6.06. The van der Waals surface area contributed by atoms with Gasteiger partial charge in [-0.2, -0.15) is 4.98 Å². The monoisotopic (exact) mass is 291 g/mol. The van der Waals surface area contributed by atoms with Crippen LogP contribution < -0.4 is 16.4 Å². The third kappa shape index (κ3) is 4.10. The highest BCUT2D eigenvalue weighted by atomic mass is 35.5. The fraction of sp³-hybridized carbons (Fsp3) is 0.154. The van der Waals surface area contributed by atoms with Gasteiger partial charge in [-0.1, -0.05) is 29.8 Å². The van der Waals surface area contributed by atoms with Crippen molar-refractivity contribution in [3.05, 3.63) is 47.1 Å². The Balaban J connectivity index is 1.78. The van der Waals surface area contributed by atoms with E-state index in [1.807, 2.05) is 18.2 Å². The molecule has 1 amide bonds. The van der Waals surface area contributed by atoms with Crippen LogP contribution in [0.25, 0.3) is 0 Å². The molecule has 0 atom stereocenters. The number of nitrogens with two attached hydrogens (primary N) is 1. The smallest absolute Gasteiger partial charge is 0.251 e. The summed E-state index contributed by atoms with van der Waals surface area (Å²) in [6.07, 6.45) is 0. The summed E-state index contributed by atoms with van der Waals surface area (Å²) in [5.74, 6) is 0.511. The fourth-order valence-corrected chi connectivity index (χ4v) is 1.77. The summed E-state index contributed by atoms with van der Waals surface area (Å²) in [4.78, 5) is 19.5. The summed E-state index contributed by atoms with van der Waals surface area (Å²) in [5.41, 5.74) is 6.10. The molecule has 1 aromatic heterocycles. The van der Waals surface area contributed by atoms with Crippen molar-refractivity contribution in [1.82, 2.24) is 15.3 Å². The Hall–Kier alpha value is -2.34. The van der Waals surface area contributed by atoms with E-state index in [-0.39, 0.29) is 17.0 Å². The molecule has 1 heterocycles. The van der Waals surface area contributed by atoms with Gasteiger partial charge >= 0.3 is 0 Å². The molecule has 2 aromatic rings. The lowest BCUT2D eigenvalue weighted by molar-refractivity contribution is 0.0955. The Bertz CT molecular complexity index is 570. The van der Waals surface area contributed by atoms with Gasteiger partial charge in [0.05, 0.1) is 0 Å². The standard InChI is InChI=1S/C13H14ClN5O/c14-10-8-11(19-13(15)18-10)16-6-7-17-12(20)9-4-2-1-3-5-9/h1-5,8H,6-7H2,(H,17,20)(H3,15,16,18,19). The van der Waals surface area contributed by atoms with E-state index in [9.17, 15) is 4.79 Å². The maximum absolute atomic E-state index is 11.8. The van der Waals surface area contributed by atoms with Crippen LogP contribution in [0.3, 0.4) is 0 Å². The molecule has 2 rings (SSSR count). The van der Waals surface area contributed by atoms with E-state index in [4.69, 9.17) is 17.3 Å². The second kappa shape index (κ2) is 6.72. The molecule has 0 aliphatic carbocycles. The Labute approximate surface area is 121 Å². The molecular formula is C13H14ClN5O. The SMILES string of the molecule is Nc1nc(Cl)cc(NCCNC(=O)c2ccccc2)n1. The minimum absolute atomic E-state index is 0.105. The van der Waals surface area contributed by atoms with Crippen LogP contribution in [0.15, 0.2) is 36.4 Å². The van der Waals surface area contributed by atoms with Crippen molar-refractivity contribution in [2.24, 2.45) is 0 Å². The Morgan fingerprint density at radius 1 is 1.20 bits per heavy atom.